The Morgan fingerprint density at radius 1 is 1.06 bits per heavy atom. The van der Waals surface area contributed by atoms with Crippen molar-refractivity contribution >= 4 is 17.7 Å². The monoisotopic (exact) mass is 455 g/mol. The molecule has 0 radical (unpaired) electrons. The molecule has 34 heavy (non-hydrogen) atoms. The van der Waals surface area contributed by atoms with Gasteiger partial charge in [-0.3, -0.25) is 14.5 Å². The number of hydrogen-bond acceptors (Lipinski definition) is 3. The Morgan fingerprint density at radius 2 is 1.76 bits per heavy atom. The highest BCUT2D eigenvalue weighted by Gasteiger charge is 2.54. The number of rotatable bonds is 5. The van der Waals surface area contributed by atoms with Crippen LogP contribution in [0.4, 0.5) is 4.79 Å². The van der Waals surface area contributed by atoms with Crippen molar-refractivity contribution in [1.82, 2.24) is 14.8 Å². The Labute approximate surface area is 199 Å². The predicted octanol–water partition coefficient (Wildman–Crippen LogP) is 4.68. The molecule has 2 atom stereocenters. The molecule has 1 N–H and O–H groups in total. The maximum Gasteiger partial charge on any atom is 0.325 e. The average Bonchev–Trinajstić information content (AvgIpc) is 3.27. The number of imide groups is 1. The third kappa shape index (κ3) is 3.36. The summed E-state index contributed by atoms with van der Waals surface area (Å²) in [6.45, 7) is 5.74. The van der Waals surface area contributed by atoms with Gasteiger partial charge in [-0.15, -0.1) is 0 Å². The highest BCUT2D eigenvalue weighted by molar-refractivity contribution is 6.12. The highest BCUT2D eigenvalue weighted by atomic mass is 16.2. The zero-order chi connectivity index (χ0) is 24.0. The molecule has 5 rings (SSSR count). The van der Waals surface area contributed by atoms with Gasteiger partial charge in [0.25, 0.3) is 5.91 Å². The van der Waals surface area contributed by atoms with Gasteiger partial charge in [-0.25, -0.2) is 4.79 Å². The van der Waals surface area contributed by atoms with E-state index in [0.717, 1.165) is 45.8 Å². The van der Waals surface area contributed by atoms with Gasteiger partial charge in [0.05, 0.1) is 12.6 Å². The van der Waals surface area contributed by atoms with E-state index in [2.05, 4.69) is 28.9 Å². The normalized spacial score (nSPS) is 20.4. The molecule has 174 valence electrons. The van der Waals surface area contributed by atoms with Crippen LogP contribution in [0.5, 0.6) is 0 Å². The molecule has 2 heterocycles. The minimum absolute atomic E-state index is 0.0569. The van der Waals surface area contributed by atoms with Crippen LogP contribution in [0.3, 0.4) is 0 Å². The van der Waals surface area contributed by atoms with Crippen molar-refractivity contribution < 1.29 is 14.4 Å². The molecule has 1 aromatic heterocycles. The van der Waals surface area contributed by atoms with Gasteiger partial charge >= 0.3 is 6.03 Å². The van der Waals surface area contributed by atoms with Crippen LogP contribution in [0, 0.1) is 13.8 Å². The van der Waals surface area contributed by atoms with Crippen LogP contribution < -0.4 is 5.32 Å². The quantitative estimate of drug-likeness (QED) is 0.449. The minimum Gasteiger partial charge on any atom is -0.341 e. The van der Waals surface area contributed by atoms with Gasteiger partial charge in [0.2, 0.25) is 0 Å². The van der Waals surface area contributed by atoms with E-state index in [1.165, 1.54) is 0 Å². The molecule has 1 fully saturated rings. The van der Waals surface area contributed by atoms with E-state index in [9.17, 15) is 14.4 Å². The number of nitrogens with one attached hydrogen (secondary N) is 1. The standard InChI is InChI=1S/C28H29N3O3/c1-18-16-23(20(3)31(18)19(2)21-10-5-4-6-11-21)25(32)17-30-26(33)28(29-27(30)34)15-9-13-22-12-7-8-14-24(22)28/h4-8,10-12,14,16,19H,9,13,15,17H2,1-3H3,(H,29,34)/t19-,28+/m1/s1. The molecular formula is C28H29N3O3. The molecule has 6 nitrogen and oxygen atoms in total. The number of carbonyl (C=O) groups excluding carboxylic acids is 3. The van der Waals surface area contributed by atoms with E-state index < -0.39 is 11.6 Å². The molecule has 6 heteroatoms. The Morgan fingerprint density at radius 3 is 2.53 bits per heavy atom. The van der Waals surface area contributed by atoms with Crippen molar-refractivity contribution in [2.75, 3.05) is 6.54 Å². The number of aryl methyl sites for hydroxylation is 2. The van der Waals surface area contributed by atoms with Crippen molar-refractivity contribution in [3.8, 4) is 0 Å². The first-order valence-electron chi connectivity index (χ1n) is 11.8. The lowest BCUT2D eigenvalue weighted by Crippen LogP contribution is -2.46. The third-order valence-electron chi connectivity index (χ3n) is 7.41. The summed E-state index contributed by atoms with van der Waals surface area (Å²) in [4.78, 5) is 40.9. The molecule has 3 amide bonds. The van der Waals surface area contributed by atoms with Gasteiger partial charge in [-0.1, -0.05) is 54.6 Å². The summed E-state index contributed by atoms with van der Waals surface area (Å²) in [5.41, 5.74) is 4.36. The topological polar surface area (TPSA) is 71.4 Å². The number of hydrogen-bond donors (Lipinski definition) is 1. The molecule has 1 aliphatic carbocycles. The van der Waals surface area contributed by atoms with Gasteiger partial charge in [-0.05, 0) is 62.8 Å². The van der Waals surface area contributed by atoms with Gasteiger partial charge in [0.15, 0.2) is 5.78 Å². The fraction of sp³-hybridized carbons (Fsp3) is 0.321. The number of benzene rings is 2. The molecule has 2 aliphatic rings. The molecule has 0 bridgehead atoms. The molecule has 3 aromatic rings. The zero-order valence-electron chi connectivity index (χ0n) is 19.8. The third-order valence-corrected chi connectivity index (χ3v) is 7.41. The largest absolute Gasteiger partial charge is 0.341 e. The van der Waals surface area contributed by atoms with E-state index in [4.69, 9.17) is 0 Å². The molecule has 0 unspecified atom stereocenters. The maximum atomic E-state index is 13.6. The van der Waals surface area contributed by atoms with Gasteiger partial charge in [0, 0.05) is 17.0 Å². The Balaban J connectivity index is 1.42. The second kappa shape index (κ2) is 8.28. The van der Waals surface area contributed by atoms with Crippen molar-refractivity contribution in [2.45, 2.75) is 51.6 Å². The van der Waals surface area contributed by atoms with Crippen molar-refractivity contribution in [2.24, 2.45) is 0 Å². The number of fused-ring (bicyclic) bond motifs is 2. The smallest absolute Gasteiger partial charge is 0.325 e. The maximum absolute atomic E-state index is 13.6. The lowest BCUT2D eigenvalue weighted by Gasteiger charge is -2.33. The Bertz CT molecular complexity index is 1290. The van der Waals surface area contributed by atoms with Crippen LogP contribution in [-0.2, 0) is 16.8 Å². The van der Waals surface area contributed by atoms with E-state index in [-0.39, 0.29) is 24.3 Å². The Hall–Kier alpha value is -3.67. The summed E-state index contributed by atoms with van der Waals surface area (Å²) < 4.78 is 2.13. The second-order valence-electron chi connectivity index (χ2n) is 9.40. The van der Waals surface area contributed by atoms with Gasteiger partial charge in [-0.2, -0.15) is 0 Å². The molecule has 0 saturated carbocycles. The summed E-state index contributed by atoms with van der Waals surface area (Å²) in [6, 6.07) is 19.3. The van der Waals surface area contributed by atoms with E-state index in [0.29, 0.717) is 12.0 Å². The van der Waals surface area contributed by atoms with Crippen LogP contribution in [0.1, 0.15) is 64.2 Å². The minimum atomic E-state index is -1.06. The number of urea groups is 1. The number of amides is 3. The fourth-order valence-corrected chi connectivity index (χ4v) is 5.72. The van der Waals surface area contributed by atoms with Crippen molar-refractivity contribution in [1.29, 1.82) is 0 Å². The van der Waals surface area contributed by atoms with E-state index >= 15 is 0 Å². The first kappa shape index (κ1) is 22.1. The summed E-state index contributed by atoms with van der Waals surface area (Å²) in [5, 5.41) is 2.93. The SMILES string of the molecule is Cc1cc(C(=O)CN2C(=O)N[C@]3(CCCc4ccccc43)C2=O)c(C)n1[C@H](C)c1ccccc1. The number of aromatic nitrogens is 1. The molecule has 1 aliphatic heterocycles. The van der Waals surface area contributed by atoms with Gasteiger partial charge < -0.3 is 9.88 Å². The Kier molecular flexibility index (Phi) is 5.39. The van der Waals surface area contributed by atoms with Crippen LogP contribution in [0.2, 0.25) is 0 Å². The zero-order valence-corrected chi connectivity index (χ0v) is 19.8. The number of carbonyl (C=O) groups is 3. The second-order valence-corrected chi connectivity index (χ2v) is 9.40. The number of ketones is 1. The van der Waals surface area contributed by atoms with Crippen LogP contribution >= 0.6 is 0 Å². The van der Waals surface area contributed by atoms with Crippen LogP contribution in [0.15, 0.2) is 60.7 Å². The lowest BCUT2D eigenvalue weighted by molar-refractivity contribution is -0.131. The summed E-state index contributed by atoms with van der Waals surface area (Å²) in [5.74, 6) is -0.561. The van der Waals surface area contributed by atoms with Crippen molar-refractivity contribution in [3.63, 3.8) is 0 Å². The van der Waals surface area contributed by atoms with E-state index in [1.807, 2.05) is 62.4 Å². The molecule has 1 saturated heterocycles. The average molecular weight is 456 g/mol. The van der Waals surface area contributed by atoms with Crippen LogP contribution in [0.25, 0.3) is 0 Å². The fourth-order valence-electron chi connectivity index (χ4n) is 5.72. The number of Topliss-reactive ketones (excluding diaryl/α,β-unsaturated/α-hetero) is 1. The highest BCUT2D eigenvalue weighted by Crippen LogP contribution is 2.40. The van der Waals surface area contributed by atoms with Gasteiger partial charge in [0.1, 0.15) is 5.54 Å². The predicted molar refractivity (Wildman–Crippen MR) is 130 cm³/mol. The van der Waals surface area contributed by atoms with Crippen LogP contribution in [-0.4, -0.2) is 33.7 Å². The molecule has 2 aromatic carbocycles. The van der Waals surface area contributed by atoms with E-state index in [1.54, 1.807) is 0 Å². The summed E-state index contributed by atoms with van der Waals surface area (Å²) in [6.07, 6.45) is 2.23. The first-order valence-corrected chi connectivity index (χ1v) is 11.8. The summed E-state index contributed by atoms with van der Waals surface area (Å²) in [7, 11) is 0. The molecular weight excluding hydrogens is 426 g/mol. The first-order chi connectivity index (χ1) is 16.3. The van der Waals surface area contributed by atoms with Crippen molar-refractivity contribution in [3.05, 3.63) is 94.3 Å². The molecule has 1 spiro atoms. The number of nitrogens with zero attached hydrogens (tertiary/aromatic N) is 2. The summed E-state index contributed by atoms with van der Waals surface area (Å²) >= 11 is 0. The lowest BCUT2D eigenvalue weighted by atomic mass is 9.76.